The fourth-order valence-electron chi connectivity index (χ4n) is 2.37. The molecule has 0 amide bonds. The molecule has 0 aliphatic heterocycles. The molecule has 0 spiro atoms. The molecule has 1 atom stereocenters. The number of alkyl halides is 4. The predicted molar refractivity (Wildman–Crippen MR) is 97.3 cm³/mol. The molecule has 10 heteroatoms. The van der Waals surface area contributed by atoms with E-state index in [2.05, 4.69) is 25.8 Å². The van der Waals surface area contributed by atoms with E-state index in [1.807, 2.05) is 0 Å². The third-order valence-corrected chi connectivity index (χ3v) is 3.92. The van der Waals surface area contributed by atoms with Gasteiger partial charge in [-0.3, -0.25) is 0 Å². The van der Waals surface area contributed by atoms with E-state index < -0.39 is 18.4 Å². The molecule has 6 nitrogen and oxygen atoms in total. The molecular weight excluding hydrogens is 433 g/mol. The van der Waals surface area contributed by atoms with Crippen LogP contribution in [-0.2, 0) is 9.53 Å². The Morgan fingerprint density at radius 3 is 2.63 bits per heavy atom. The molecule has 2 aromatic rings. The average molecular weight is 449 g/mol. The van der Waals surface area contributed by atoms with Gasteiger partial charge in [0.25, 0.3) is 0 Å². The second-order valence-corrected chi connectivity index (χ2v) is 6.05. The molecule has 0 radical (unpaired) electrons. The van der Waals surface area contributed by atoms with Crippen molar-refractivity contribution in [2.75, 3.05) is 12.4 Å². The van der Waals surface area contributed by atoms with Crippen LogP contribution in [0.1, 0.15) is 12.0 Å². The van der Waals surface area contributed by atoms with Crippen molar-refractivity contribution < 1.29 is 32.2 Å². The monoisotopic (exact) mass is 448 g/mol. The van der Waals surface area contributed by atoms with Gasteiger partial charge in [-0.1, -0.05) is 40.2 Å². The van der Waals surface area contributed by atoms with E-state index in [0.717, 1.165) is 0 Å². The van der Waals surface area contributed by atoms with E-state index in [1.54, 1.807) is 30.3 Å². The molecule has 1 unspecified atom stereocenters. The van der Waals surface area contributed by atoms with Crippen molar-refractivity contribution in [3.05, 3.63) is 35.9 Å². The van der Waals surface area contributed by atoms with E-state index in [9.17, 15) is 18.0 Å². The minimum absolute atomic E-state index is 0.0193. The summed E-state index contributed by atoms with van der Waals surface area (Å²) in [5.41, 5.74) is 0.452. The van der Waals surface area contributed by atoms with Gasteiger partial charge in [0.1, 0.15) is 0 Å². The summed E-state index contributed by atoms with van der Waals surface area (Å²) in [7, 11) is 1.37. The molecule has 2 rings (SSSR count). The van der Waals surface area contributed by atoms with E-state index in [1.165, 1.54) is 13.3 Å². The third kappa shape index (κ3) is 5.03. The standard InChI is InChI=1S/C17H16BrF3N2O4/c1-25-14-11(9-23-22)8-10-4-2-3-5-12(10)15(14)26-13(6-7-18)27-16(24)17(19,20)21/h2-5,8-9,13H,6-7,22H2,1H3/b23-9+. The number of esters is 1. The number of rotatable bonds is 7. The number of carbonyl (C=O) groups is 1. The van der Waals surface area contributed by atoms with Crippen molar-refractivity contribution in [2.45, 2.75) is 18.9 Å². The van der Waals surface area contributed by atoms with Crippen LogP contribution >= 0.6 is 15.9 Å². The first-order chi connectivity index (χ1) is 12.8. The average Bonchev–Trinajstić information content (AvgIpc) is 2.61. The van der Waals surface area contributed by atoms with Crippen molar-refractivity contribution in [2.24, 2.45) is 10.9 Å². The van der Waals surface area contributed by atoms with Gasteiger partial charge in [-0.2, -0.15) is 18.3 Å². The molecule has 0 heterocycles. The maximum Gasteiger partial charge on any atom is 0.491 e. The number of nitrogens with zero attached hydrogens (tertiary/aromatic N) is 1. The van der Waals surface area contributed by atoms with Crippen LogP contribution in [0.3, 0.4) is 0 Å². The smallest absolute Gasteiger partial charge is 0.491 e. The first kappa shape index (κ1) is 20.8. The fraction of sp³-hybridized carbons (Fsp3) is 0.294. The maximum absolute atomic E-state index is 12.6. The molecule has 0 saturated carbocycles. The van der Waals surface area contributed by atoms with Crippen LogP contribution in [-0.4, -0.2) is 37.1 Å². The number of hydrogen-bond acceptors (Lipinski definition) is 6. The zero-order valence-electron chi connectivity index (χ0n) is 14.1. The van der Waals surface area contributed by atoms with Gasteiger partial charge < -0.3 is 20.1 Å². The Kier molecular flexibility index (Phi) is 6.89. The first-order valence-electron chi connectivity index (χ1n) is 7.65. The molecule has 0 saturated heterocycles. The summed E-state index contributed by atoms with van der Waals surface area (Å²) >= 11 is 3.11. The Bertz CT molecular complexity index is 843. The molecule has 2 aromatic carbocycles. The van der Waals surface area contributed by atoms with E-state index in [0.29, 0.717) is 16.3 Å². The molecular formula is C17H16BrF3N2O4. The minimum Gasteiger partial charge on any atom is -0.492 e. The van der Waals surface area contributed by atoms with Crippen LogP contribution in [0.5, 0.6) is 11.5 Å². The Balaban J connectivity index is 2.52. The number of benzene rings is 2. The number of fused-ring (bicyclic) bond motifs is 1. The molecule has 0 aliphatic rings. The maximum atomic E-state index is 12.6. The van der Waals surface area contributed by atoms with Crippen molar-refractivity contribution in [1.82, 2.24) is 0 Å². The van der Waals surface area contributed by atoms with Gasteiger partial charge in [0.05, 0.1) is 13.3 Å². The van der Waals surface area contributed by atoms with E-state index >= 15 is 0 Å². The van der Waals surface area contributed by atoms with Gasteiger partial charge in [-0.25, -0.2) is 4.79 Å². The zero-order valence-corrected chi connectivity index (χ0v) is 15.7. The number of ether oxygens (including phenoxy) is 3. The van der Waals surface area contributed by atoms with Crippen molar-refractivity contribution in [3.63, 3.8) is 0 Å². The number of hydrazone groups is 1. The van der Waals surface area contributed by atoms with Gasteiger partial charge in [0.15, 0.2) is 11.5 Å². The Morgan fingerprint density at radius 1 is 1.33 bits per heavy atom. The lowest BCUT2D eigenvalue weighted by atomic mass is 10.0. The van der Waals surface area contributed by atoms with Crippen molar-refractivity contribution >= 4 is 38.9 Å². The molecule has 0 bridgehead atoms. The highest BCUT2D eigenvalue weighted by Gasteiger charge is 2.42. The van der Waals surface area contributed by atoms with Crippen LogP contribution in [0.25, 0.3) is 10.8 Å². The highest BCUT2D eigenvalue weighted by molar-refractivity contribution is 9.09. The lowest BCUT2D eigenvalue weighted by Gasteiger charge is -2.22. The molecule has 0 aromatic heterocycles. The summed E-state index contributed by atoms with van der Waals surface area (Å²) in [5.74, 6) is 3.19. The molecule has 0 aliphatic carbocycles. The third-order valence-electron chi connectivity index (χ3n) is 3.47. The predicted octanol–water partition coefficient (Wildman–Crippen LogP) is 3.74. The molecule has 0 fully saturated rings. The fourth-order valence-corrected chi connectivity index (χ4v) is 2.74. The molecule has 2 N–H and O–H groups in total. The van der Waals surface area contributed by atoms with Crippen LogP contribution in [0.4, 0.5) is 13.2 Å². The summed E-state index contributed by atoms with van der Waals surface area (Å²) in [5, 5.41) is 4.97. The van der Waals surface area contributed by atoms with Gasteiger partial charge in [-0.05, 0) is 11.5 Å². The number of hydrogen-bond donors (Lipinski definition) is 1. The lowest BCUT2D eigenvalue weighted by Crippen LogP contribution is -2.33. The van der Waals surface area contributed by atoms with Crippen LogP contribution in [0.15, 0.2) is 35.4 Å². The van der Waals surface area contributed by atoms with Gasteiger partial charge >= 0.3 is 12.1 Å². The van der Waals surface area contributed by atoms with Gasteiger partial charge in [0.2, 0.25) is 6.29 Å². The van der Waals surface area contributed by atoms with Crippen molar-refractivity contribution in [1.29, 1.82) is 0 Å². The summed E-state index contributed by atoms with van der Waals surface area (Å²) in [4.78, 5) is 11.2. The highest BCUT2D eigenvalue weighted by atomic mass is 79.9. The number of methoxy groups -OCH3 is 1. The number of nitrogens with two attached hydrogens (primary N) is 1. The van der Waals surface area contributed by atoms with E-state index in [4.69, 9.17) is 15.3 Å². The zero-order chi connectivity index (χ0) is 20.0. The van der Waals surface area contributed by atoms with Gasteiger partial charge in [-0.15, -0.1) is 0 Å². The lowest BCUT2D eigenvalue weighted by molar-refractivity contribution is -0.216. The van der Waals surface area contributed by atoms with E-state index in [-0.39, 0.29) is 23.2 Å². The van der Waals surface area contributed by atoms with Gasteiger partial charge in [0, 0.05) is 22.7 Å². The van der Waals surface area contributed by atoms with Crippen LogP contribution in [0.2, 0.25) is 0 Å². The van der Waals surface area contributed by atoms with Crippen molar-refractivity contribution in [3.8, 4) is 11.5 Å². The first-order valence-corrected chi connectivity index (χ1v) is 8.77. The second-order valence-electron chi connectivity index (χ2n) is 5.26. The summed E-state index contributed by atoms with van der Waals surface area (Å²) in [6.07, 6.45) is -5.32. The van der Waals surface area contributed by atoms with Crippen LogP contribution in [0, 0.1) is 0 Å². The second kappa shape index (κ2) is 8.94. The Hall–Kier alpha value is -2.49. The quantitative estimate of drug-likeness (QED) is 0.174. The largest absolute Gasteiger partial charge is 0.492 e. The summed E-state index contributed by atoms with van der Waals surface area (Å²) in [6.45, 7) is 0. The number of halogens is 4. The van der Waals surface area contributed by atoms with Crippen LogP contribution < -0.4 is 15.3 Å². The summed E-state index contributed by atoms with van der Waals surface area (Å²) in [6, 6.07) is 8.72. The topological polar surface area (TPSA) is 83.1 Å². The SMILES string of the molecule is COc1c(/C=N/N)cc2ccccc2c1OC(CCBr)OC(=O)C(F)(F)F. The molecule has 27 heavy (non-hydrogen) atoms. The minimum atomic E-state index is -5.13. The normalized spacial score (nSPS) is 12.9. The Morgan fingerprint density at radius 2 is 2.04 bits per heavy atom. The Labute approximate surface area is 161 Å². The number of carbonyl (C=O) groups excluding carboxylic acids is 1. The molecule has 146 valence electrons. The summed E-state index contributed by atoms with van der Waals surface area (Å²) < 4.78 is 53.1. The highest BCUT2D eigenvalue weighted by Crippen LogP contribution is 2.39.